The van der Waals surface area contributed by atoms with E-state index in [-0.39, 0.29) is 56.5 Å². The van der Waals surface area contributed by atoms with Gasteiger partial charge in [0, 0.05) is 68.0 Å². The molecule has 2 aromatic carbocycles. The molecule has 6 nitrogen and oxygen atoms in total. The second-order valence-electron chi connectivity index (χ2n) is 9.70. The third-order valence-electron chi connectivity index (χ3n) is 7.44. The minimum Gasteiger partial charge on any atom is -0.385 e. The van der Waals surface area contributed by atoms with E-state index < -0.39 is 39.6 Å². The predicted octanol–water partition coefficient (Wildman–Crippen LogP) is 4.72. The number of benzene rings is 2. The Balaban J connectivity index is 1.76. The van der Waals surface area contributed by atoms with Crippen LogP contribution >= 0.6 is 10.4 Å². The summed E-state index contributed by atoms with van der Waals surface area (Å²) in [6.07, 6.45) is -4.41. The first kappa shape index (κ1) is 24.6. The number of ether oxygens (including phenoxy) is 1. The van der Waals surface area contributed by atoms with Gasteiger partial charge in [-0.2, -0.15) is 22.0 Å². The monoisotopic (exact) mass is 540 g/mol. The predicted molar refractivity (Wildman–Crippen MR) is 132 cm³/mol. The fraction of sp³-hybridized carbons (Fsp3) is 0.440. The van der Waals surface area contributed by atoms with E-state index in [1.807, 2.05) is 0 Å². The molecule has 1 saturated heterocycles. The lowest BCUT2D eigenvalue weighted by Crippen LogP contribution is -2.45. The van der Waals surface area contributed by atoms with Gasteiger partial charge in [0.25, 0.3) is 0 Å². The molecule has 1 aromatic heterocycles. The van der Waals surface area contributed by atoms with E-state index in [1.54, 1.807) is 4.90 Å². The number of nitrogens with zero attached hydrogens (tertiary/aromatic N) is 3. The molecule has 37 heavy (non-hydrogen) atoms. The van der Waals surface area contributed by atoms with Crippen molar-refractivity contribution < 1.29 is 26.2 Å². The summed E-state index contributed by atoms with van der Waals surface area (Å²) in [7, 11) is -2.10. The highest BCUT2D eigenvalue weighted by Crippen LogP contribution is 2.76. The van der Waals surface area contributed by atoms with Crippen LogP contribution < -0.4 is 15.9 Å². The number of methoxy groups -OCH3 is 1. The Kier molecular flexibility index (Phi) is 5.77. The lowest BCUT2D eigenvalue weighted by atomic mass is 9.96. The number of hydrogen-bond acceptors (Lipinski definition) is 5. The second-order valence-corrected chi connectivity index (χ2v) is 12.2. The highest BCUT2D eigenvalue weighted by molar-refractivity contribution is 8.30. The van der Waals surface area contributed by atoms with Crippen LogP contribution in [0.5, 0.6) is 0 Å². The fourth-order valence-electron chi connectivity index (χ4n) is 5.83. The molecule has 4 heterocycles. The number of hydrogen-bond donors (Lipinski definition) is 1. The van der Waals surface area contributed by atoms with E-state index in [0.29, 0.717) is 32.6 Å². The Hall–Kier alpha value is -2.70. The molecule has 6 rings (SSSR count). The Morgan fingerprint density at radius 2 is 1.97 bits per heavy atom. The summed E-state index contributed by atoms with van der Waals surface area (Å²) in [4.78, 5) is 19.3. The summed E-state index contributed by atoms with van der Waals surface area (Å²) in [6, 6.07) is 4.31. The molecular weight excluding hydrogens is 515 g/mol. The van der Waals surface area contributed by atoms with Crippen molar-refractivity contribution in [2.24, 2.45) is 5.92 Å². The van der Waals surface area contributed by atoms with E-state index in [4.69, 9.17) is 4.74 Å². The Morgan fingerprint density at radius 3 is 2.68 bits per heavy atom. The van der Waals surface area contributed by atoms with Gasteiger partial charge in [-0.25, -0.2) is 9.18 Å². The van der Waals surface area contributed by atoms with E-state index in [1.165, 1.54) is 17.7 Å². The van der Waals surface area contributed by atoms with Crippen molar-refractivity contribution >= 4 is 27.1 Å². The van der Waals surface area contributed by atoms with Gasteiger partial charge in [0.15, 0.2) is 0 Å². The normalized spacial score (nSPS) is 24.6. The van der Waals surface area contributed by atoms with Gasteiger partial charge in [-0.1, -0.05) is 6.07 Å². The van der Waals surface area contributed by atoms with Crippen LogP contribution in [0.15, 0.2) is 38.9 Å². The molecule has 0 saturated carbocycles. The van der Waals surface area contributed by atoms with Gasteiger partial charge < -0.3 is 15.0 Å². The standard InChI is InChI=1S/C25H25F5N4O2S/c1-36-9-4-14-12-34-21-17(23(32-24(34)35)33-7-5-31-6-8-33)11-18(25(27,28)29)20-16-3-2-15(26)10-19(16)37(30,13-14)22(20)21/h2-3,10-11,14,31H,4-9,12-13H2,1H3. The maximum absolute atomic E-state index is 17.5. The smallest absolute Gasteiger partial charge is 0.385 e. The van der Waals surface area contributed by atoms with Crippen LogP contribution in [0.25, 0.3) is 22.0 Å². The summed E-state index contributed by atoms with van der Waals surface area (Å²) in [5, 5.41) is 3.28. The second kappa shape index (κ2) is 8.67. The molecule has 0 amide bonds. The van der Waals surface area contributed by atoms with Crippen molar-refractivity contribution in [1.29, 1.82) is 0 Å². The van der Waals surface area contributed by atoms with Crippen molar-refractivity contribution in [3.63, 3.8) is 0 Å². The van der Waals surface area contributed by atoms with Crippen molar-refractivity contribution in [3.8, 4) is 11.1 Å². The first-order valence-corrected chi connectivity index (χ1v) is 13.8. The van der Waals surface area contributed by atoms with Crippen LogP contribution in [-0.2, 0) is 17.5 Å². The van der Waals surface area contributed by atoms with E-state index in [9.17, 15) is 22.4 Å². The molecule has 198 valence electrons. The van der Waals surface area contributed by atoms with E-state index in [0.717, 1.165) is 18.2 Å². The molecule has 3 aromatic rings. The van der Waals surface area contributed by atoms with E-state index >= 15 is 3.89 Å². The van der Waals surface area contributed by atoms with Crippen LogP contribution in [0.4, 0.5) is 27.3 Å². The minimum absolute atomic E-state index is 0.0371. The highest BCUT2D eigenvalue weighted by atomic mass is 32.3. The Bertz CT molecular complexity index is 1470. The molecule has 1 fully saturated rings. The third kappa shape index (κ3) is 3.75. The van der Waals surface area contributed by atoms with E-state index in [2.05, 4.69) is 10.3 Å². The average molecular weight is 541 g/mol. The molecule has 0 aliphatic carbocycles. The van der Waals surface area contributed by atoms with Gasteiger partial charge in [-0.15, -0.1) is 0 Å². The lowest BCUT2D eigenvalue weighted by molar-refractivity contribution is -0.137. The maximum Gasteiger partial charge on any atom is 0.417 e. The quantitative estimate of drug-likeness (QED) is 0.486. The van der Waals surface area contributed by atoms with Gasteiger partial charge in [-0.05, 0) is 46.5 Å². The molecule has 3 aliphatic heterocycles. The third-order valence-corrected chi connectivity index (χ3v) is 10.5. The number of nitrogens with one attached hydrogen (secondary N) is 1. The zero-order valence-corrected chi connectivity index (χ0v) is 20.8. The van der Waals surface area contributed by atoms with Gasteiger partial charge in [0.1, 0.15) is 11.6 Å². The highest BCUT2D eigenvalue weighted by Gasteiger charge is 2.50. The topological polar surface area (TPSA) is 59.4 Å². The molecule has 0 radical (unpaired) electrons. The fourth-order valence-corrected chi connectivity index (χ4v) is 9.21. The molecule has 0 bridgehead atoms. The zero-order valence-electron chi connectivity index (χ0n) is 20.0. The van der Waals surface area contributed by atoms with Crippen LogP contribution in [0.1, 0.15) is 12.0 Å². The zero-order chi connectivity index (χ0) is 26.1. The van der Waals surface area contributed by atoms with Gasteiger partial charge in [0.2, 0.25) is 0 Å². The lowest BCUT2D eigenvalue weighted by Gasteiger charge is -2.31. The van der Waals surface area contributed by atoms with Gasteiger partial charge >= 0.3 is 11.9 Å². The number of aromatic nitrogens is 2. The first-order chi connectivity index (χ1) is 17.6. The Morgan fingerprint density at radius 1 is 1.22 bits per heavy atom. The number of alkyl halides is 3. The van der Waals surface area contributed by atoms with Crippen LogP contribution in [0, 0.1) is 11.7 Å². The minimum atomic E-state index is -4.81. The summed E-state index contributed by atoms with van der Waals surface area (Å²) >= 11 is 0. The van der Waals surface area contributed by atoms with Gasteiger partial charge in [-0.3, -0.25) is 4.57 Å². The summed E-state index contributed by atoms with van der Waals surface area (Å²) in [5.74, 6) is -1.13. The molecular formula is C25H25F5N4O2S. The van der Waals surface area contributed by atoms with Crippen molar-refractivity contribution in [2.45, 2.75) is 28.9 Å². The average Bonchev–Trinajstić information content (AvgIpc) is 3.01. The maximum atomic E-state index is 17.5. The number of fused-ring (bicyclic) bond motifs is 3. The van der Waals surface area contributed by atoms with Crippen LogP contribution in [0.3, 0.4) is 0 Å². The molecule has 12 heteroatoms. The molecule has 0 spiro atoms. The summed E-state index contributed by atoms with van der Waals surface area (Å²) < 4.78 is 82.3. The number of anilines is 1. The van der Waals surface area contributed by atoms with Gasteiger partial charge in [0.05, 0.1) is 16.0 Å². The SMILES string of the molecule is COCCC1Cn2c(=O)nc(N3CCNCC3)c3cc(C(F)(F)F)c4c(c32)S(F)(C1)c1cc(F)ccc1-4. The largest absolute Gasteiger partial charge is 0.417 e. The first-order valence-electron chi connectivity index (χ1n) is 12.1. The Labute approximate surface area is 211 Å². The molecule has 2 atom stereocenters. The molecule has 2 unspecified atom stereocenters. The number of piperazine rings is 1. The molecule has 1 N–H and O–H groups in total. The van der Waals surface area contributed by atoms with Crippen LogP contribution in [-0.4, -0.2) is 55.2 Å². The van der Waals surface area contributed by atoms with Crippen molar-refractivity contribution in [2.75, 3.05) is 50.5 Å². The van der Waals surface area contributed by atoms with Crippen LogP contribution in [0.2, 0.25) is 0 Å². The summed E-state index contributed by atoms with van der Waals surface area (Å²) in [6.45, 7) is 2.42. The van der Waals surface area contributed by atoms with Crippen molar-refractivity contribution in [1.82, 2.24) is 14.9 Å². The van der Waals surface area contributed by atoms with Crippen molar-refractivity contribution in [3.05, 3.63) is 46.1 Å². The number of halogens is 5. The number of rotatable bonds is 4. The molecule has 3 aliphatic rings. The summed E-state index contributed by atoms with van der Waals surface area (Å²) in [5.41, 5.74) is -1.73.